The molecule has 3 nitrogen and oxygen atoms in total. The van der Waals surface area contributed by atoms with E-state index < -0.39 is 0 Å². The lowest BCUT2D eigenvalue weighted by Crippen LogP contribution is -2.18. The van der Waals surface area contributed by atoms with Gasteiger partial charge in [0.05, 0.1) is 6.61 Å². The van der Waals surface area contributed by atoms with Gasteiger partial charge in [0.25, 0.3) is 0 Å². The molecule has 1 aromatic carbocycles. The molecule has 0 aliphatic rings. The second-order valence-electron chi connectivity index (χ2n) is 4.75. The summed E-state index contributed by atoms with van der Waals surface area (Å²) in [4.78, 5) is 0. The minimum atomic E-state index is 0.747. The molecule has 0 radical (unpaired) electrons. The summed E-state index contributed by atoms with van der Waals surface area (Å²) in [6.45, 7) is 5.35. The second kappa shape index (κ2) is 7.74. The average molecular weight is 270 g/mol. The highest BCUT2D eigenvalue weighted by Crippen LogP contribution is 2.18. The number of methoxy groups -OCH3 is 1. The largest absolute Gasteiger partial charge is 0.383 e. The van der Waals surface area contributed by atoms with Crippen molar-refractivity contribution in [3.8, 4) is 11.8 Å². The van der Waals surface area contributed by atoms with E-state index in [-0.39, 0.29) is 0 Å². The fourth-order valence-corrected chi connectivity index (χ4v) is 2.26. The number of fused-ring (bicyclic) bond motifs is 1. The third-order valence-electron chi connectivity index (χ3n) is 3.30. The first-order valence-electron chi connectivity index (χ1n) is 7.02. The Balaban J connectivity index is 2.01. The summed E-state index contributed by atoms with van der Waals surface area (Å²) in [6.07, 6.45) is 3.05. The maximum atomic E-state index is 5.02. The van der Waals surface area contributed by atoms with E-state index in [1.807, 2.05) is 6.92 Å². The smallest absolute Gasteiger partial charge is 0.0587 e. The van der Waals surface area contributed by atoms with Gasteiger partial charge in [0.1, 0.15) is 0 Å². The highest BCUT2D eigenvalue weighted by molar-refractivity contribution is 5.80. The molecule has 2 rings (SSSR count). The van der Waals surface area contributed by atoms with Crippen LogP contribution in [0.25, 0.3) is 10.9 Å². The van der Waals surface area contributed by atoms with Crippen LogP contribution in [0.3, 0.4) is 0 Å². The van der Waals surface area contributed by atoms with E-state index in [0.29, 0.717) is 0 Å². The van der Waals surface area contributed by atoms with Crippen LogP contribution in [0.4, 0.5) is 0 Å². The van der Waals surface area contributed by atoms with Crippen LogP contribution in [0.15, 0.2) is 30.5 Å². The van der Waals surface area contributed by atoms with Crippen LogP contribution >= 0.6 is 0 Å². The van der Waals surface area contributed by atoms with Crippen molar-refractivity contribution in [1.82, 2.24) is 9.88 Å². The molecule has 0 amide bonds. The SMILES string of the molecule is CC#CCCn1ccc2cc(CNCCOC)ccc21. The van der Waals surface area contributed by atoms with Crippen molar-refractivity contribution in [2.24, 2.45) is 0 Å². The molecule has 1 heterocycles. The van der Waals surface area contributed by atoms with Crippen molar-refractivity contribution in [1.29, 1.82) is 0 Å². The summed E-state index contributed by atoms with van der Waals surface area (Å²) in [6, 6.07) is 8.80. The molecule has 0 aliphatic carbocycles. The van der Waals surface area contributed by atoms with Crippen LogP contribution in [0.2, 0.25) is 0 Å². The normalized spacial score (nSPS) is 10.5. The van der Waals surface area contributed by atoms with E-state index in [1.165, 1.54) is 16.5 Å². The van der Waals surface area contributed by atoms with Gasteiger partial charge in [0.2, 0.25) is 0 Å². The number of rotatable bonds is 7. The fourth-order valence-electron chi connectivity index (χ4n) is 2.26. The highest BCUT2D eigenvalue weighted by atomic mass is 16.5. The van der Waals surface area contributed by atoms with E-state index in [0.717, 1.165) is 32.7 Å². The molecule has 0 aliphatic heterocycles. The minimum absolute atomic E-state index is 0.747. The lowest BCUT2D eigenvalue weighted by molar-refractivity contribution is 0.199. The summed E-state index contributed by atoms with van der Waals surface area (Å²) in [5.74, 6) is 6.05. The molecule has 0 bridgehead atoms. The molecular formula is C17H22N2O. The van der Waals surface area contributed by atoms with Gasteiger partial charge >= 0.3 is 0 Å². The van der Waals surface area contributed by atoms with Gasteiger partial charge in [-0.2, -0.15) is 0 Å². The van der Waals surface area contributed by atoms with Gasteiger partial charge in [0, 0.05) is 44.9 Å². The Labute approximate surface area is 120 Å². The molecule has 106 valence electrons. The third kappa shape index (κ3) is 3.86. The zero-order chi connectivity index (χ0) is 14.2. The molecule has 1 N–H and O–H groups in total. The maximum Gasteiger partial charge on any atom is 0.0587 e. The number of nitrogens with one attached hydrogen (secondary N) is 1. The summed E-state index contributed by atoms with van der Waals surface area (Å²) in [5, 5.41) is 4.66. The summed E-state index contributed by atoms with van der Waals surface area (Å²) >= 11 is 0. The molecule has 20 heavy (non-hydrogen) atoms. The van der Waals surface area contributed by atoms with E-state index in [1.54, 1.807) is 7.11 Å². The molecular weight excluding hydrogens is 248 g/mol. The molecule has 0 saturated heterocycles. The summed E-state index contributed by atoms with van der Waals surface area (Å²) in [7, 11) is 1.72. The molecule has 3 heteroatoms. The van der Waals surface area contributed by atoms with Gasteiger partial charge in [-0.1, -0.05) is 6.07 Å². The first-order valence-corrected chi connectivity index (χ1v) is 7.02. The highest BCUT2D eigenvalue weighted by Gasteiger charge is 2.01. The van der Waals surface area contributed by atoms with Crippen LogP contribution < -0.4 is 5.32 Å². The fraction of sp³-hybridized carbons (Fsp3) is 0.412. The molecule has 0 atom stereocenters. The molecule has 0 spiro atoms. The standard InChI is InChI=1S/C17H22N2O/c1-3-4-5-10-19-11-8-16-13-15(6-7-17(16)19)14-18-9-12-20-2/h6-8,11,13,18H,5,9-10,12,14H2,1-2H3. The maximum absolute atomic E-state index is 5.02. The third-order valence-corrected chi connectivity index (χ3v) is 3.30. The number of aromatic nitrogens is 1. The number of hydrogen-bond donors (Lipinski definition) is 1. The Kier molecular flexibility index (Phi) is 5.67. The van der Waals surface area contributed by atoms with E-state index in [4.69, 9.17) is 4.74 Å². The van der Waals surface area contributed by atoms with Gasteiger partial charge < -0.3 is 14.6 Å². The molecule has 1 aromatic heterocycles. The van der Waals surface area contributed by atoms with Crippen molar-refractivity contribution in [2.45, 2.75) is 26.4 Å². The lowest BCUT2D eigenvalue weighted by Gasteiger charge is -2.06. The quantitative estimate of drug-likeness (QED) is 0.618. The number of hydrogen-bond acceptors (Lipinski definition) is 2. The zero-order valence-electron chi connectivity index (χ0n) is 12.3. The van der Waals surface area contributed by atoms with Crippen LogP contribution in [0.5, 0.6) is 0 Å². The topological polar surface area (TPSA) is 26.2 Å². The lowest BCUT2D eigenvalue weighted by atomic mass is 10.1. The molecule has 0 fully saturated rings. The first kappa shape index (κ1) is 14.6. The number of benzene rings is 1. The Bertz CT molecular complexity index is 604. The van der Waals surface area contributed by atoms with Crippen LogP contribution in [-0.2, 0) is 17.8 Å². The number of aryl methyl sites for hydroxylation is 1. The van der Waals surface area contributed by atoms with E-state index in [2.05, 4.69) is 52.2 Å². The van der Waals surface area contributed by atoms with Gasteiger partial charge in [-0.15, -0.1) is 11.8 Å². The van der Waals surface area contributed by atoms with Crippen LogP contribution in [0, 0.1) is 11.8 Å². The Hall–Kier alpha value is -1.76. The summed E-state index contributed by atoms with van der Waals surface area (Å²) < 4.78 is 7.29. The van der Waals surface area contributed by atoms with Crippen LogP contribution in [-0.4, -0.2) is 24.8 Å². The molecule has 0 unspecified atom stereocenters. The van der Waals surface area contributed by atoms with Crippen molar-refractivity contribution >= 4 is 10.9 Å². The monoisotopic (exact) mass is 270 g/mol. The van der Waals surface area contributed by atoms with Crippen molar-refractivity contribution in [3.05, 3.63) is 36.0 Å². The Morgan fingerprint density at radius 1 is 1.30 bits per heavy atom. The van der Waals surface area contributed by atoms with Crippen LogP contribution in [0.1, 0.15) is 18.9 Å². The van der Waals surface area contributed by atoms with Crippen molar-refractivity contribution < 1.29 is 4.74 Å². The van der Waals surface area contributed by atoms with Gasteiger partial charge in [-0.3, -0.25) is 0 Å². The van der Waals surface area contributed by atoms with E-state index >= 15 is 0 Å². The Morgan fingerprint density at radius 3 is 3.00 bits per heavy atom. The Morgan fingerprint density at radius 2 is 2.20 bits per heavy atom. The average Bonchev–Trinajstić information content (AvgIpc) is 2.87. The predicted molar refractivity (Wildman–Crippen MR) is 83.6 cm³/mol. The number of nitrogens with zero attached hydrogens (tertiary/aromatic N) is 1. The van der Waals surface area contributed by atoms with Crippen molar-refractivity contribution in [3.63, 3.8) is 0 Å². The molecule has 2 aromatic rings. The van der Waals surface area contributed by atoms with Gasteiger partial charge in [0.15, 0.2) is 0 Å². The zero-order valence-corrected chi connectivity index (χ0v) is 12.3. The van der Waals surface area contributed by atoms with Crippen molar-refractivity contribution in [2.75, 3.05) is 20.3 Å². The van der Waals surface area contributed by atoms with E-state index in [9.17, 15) is 0 Å². The predicted octanol–water partition coefficient (Wildman–Crippen LogP) is 2.79. The minimum Gasteiger partial charge on any atom is -0.383 e. The van der Waals surface area contributed by atoms with Gasteiger partial charge in [-0.25, -0.2) is 0 Å². The molecule has 0 saturated carbocycles. The number of ether oxygens (including phenoxy) is 1. The second-order valence-corrected chi connectivity index (χ2v) is 4.75. The summed E-state index contributed by atoms with van der Waals surface area (Å²) in [5.41, 5.74) is 2.59. The van der Waals surface area contributed by atoms with Gasteiger partial charge in [-0.05, 0) is 36.1 Å². The first-order chi connectivity index (χ1) is 9.85.